The summed E-state index contributed by atoms with van der Waals surface area (Å²) in [6, 6.07) is 36.6. The molecule has 3 heterocycles. The molecule has 3 aromatic heterocycles. The number of benzene rings is 4. The first-order chi connectivity index (χ1) is 25.1. The molecule has 1 saturated carbocycles. The highest BCUT2D eigenvalue weighted by Gasteiger charge is 2.27. The number of fused-ring (bicyclic) bond motifs is 1. The second kappa shape index (κ2) is 14.5. The van der Waals surface area contributed by atoms with Crippen molar-refractivity contribution < 1.29 is 0 Å². The Kier molecular flexibility index (Phi) is 9.20. The maximum atomic E-state index is 14.6. The van der Waals surface area contributed by atoms with E-state index in [-0.39, 0.29) is 17.2 Å². The Labute approximate surface area is 295 Å². The molecule has 0 saturated heterocycles. The second-order valence-electron chi connectivity index (χ2n) is 13.4. The van der Waals surface area contributed by atoms with E-state index in [0.717, 1.165) is 64.9 Å². The largest absolute Gasteiger partial charge is 0.332 e. The third-order valence-electron chi connectivity index (χ3n) is 10.2. The lowest BCUT2D eigenvalue weighted by Gasteiger charge is -2.22. The van der Waals surface area contributed by atoms with Gasteiger partial charge in [0.1, 0.15) is 5.82 Å². The van der Waals surface area contributed by atoms with Crippen LogP contribution in [0.5, 0.6) is 0 Å². The molecule has 0 spiro atoms. The molecule has 7 aromatic rings. The fraction of sp³-hybridized carbons (Fsp3) is 0.268. The average Bonchev–Trinajstić information content (AvgIpc) is 3.86. The van der Waals surface area contributed by atoms with E-state index in [1.54, 1.807) is 4.57 Å². The van der Waals surface area contributed by atoms with Gasteiger partial charge in [0, 0.05) is 31.1 Å². The molecule has 0 radical (unpaired) electrons. The van der Waals surface area contributed by atoms with Gasteiger partial charge in [-0.3, -0.25) is 13.9 Å². The van der Waals surface area contributed by atoms with Crippen molar-refractivity contribution in [1.82, 2.24) is 39.3 Å². The van der Waals surface area contributed by atoms with Gasteiger partial charge in [-0.2, -0.15) is 5.21 Å². The van der Waals surface area contributed by atoms with E-state index in [0.29, 0.717) is 49.5 Å². The molecule has 1 aliphatic carbocycles. The maximum absolute atomic E-state index is 14.6. The highest BCUT2D eigenvalue weighted by molar-refractivity contribution is 5.80. The SMILES string of the molecule is O=c1c2c(nc(C3CCCCC3)n2Cc2ccc(-c3ccccc3-c3nn[nH]n3)cc2)n(CCc2ccccc2)c(=O)n1CCc1ccccc1. The molecule has 1 aliphatic rings. The van der Waals surface area contributed by atoms with Crippen molar-refractivity contribution in [3.63, 3.8) is 0 Å². The van der Waals surface area contributed by atoms with Gasteiger partial charge in [0.15, 0.2) is 11.2 Å². The fourth-order valence-electron chi connectivity index (χ4n) is 7.49. The highest BCUT2D eigenvalue weighted by atomic mass is 16.2. The zero-order chi connectivity index (χ0) is 34.6. The third-order valence-corrected chi connectivity index (χ3v) is 10.2. The van der Waals surface area contributed by atoms with Crippen LogP contribution in [0.3, 0.4) is 0 Å². The van der Waals surface area contributed by atoms with E-state index in [2.05, 4.69) is 67.7 Å². The van der Waals surface area contributed by atoms with Crippen LogP contribution in [0.25, 0.3) is 33.7 Å². The van der Waals surface area contributed by atoms with E-state index < -0.39 is 0 Å². The molecule has 256 valence electrons. The van der Waals surface area contributed by atoms with Gasteiger partial charge in [-0.15, -0.1) is 10.2 Å². The van der Waals surface area contributed by atoms with Crippen LogP contribution < -0.4 is 11.2 Å². The van der Waals surface area contributed by atoms with Crippen molar-refractivity contribution >= 4 is 11.2 Å². The van der Waals surface area contributed by atoms with Crippen LogP contribution in [0, 0.1) is 0 Å². The van der Waals surface area contributed by atoms with Crippen LogP contribution in [-0.4, -0.2) is 39.3 Å². The van der Waals surface area contributed by atoms with Crippen molar-refractivity contribution in [2.75, 3.05) is 0 Å². The normalized spacial score (nSPS) is 13.6. The molecule has 0 bridgehead atoms. The number of H-pyrrole nitrogens is 1. The van der Waals surface area contributed by atoms with Gasteiger partial charge >= 0.3 is 5.69 Å². The predicted molar refractivity (Wildman–Crippen MR) is 199 cm³/mol. The molecule has 4 aromatic carbocycles. The van der Waals surface area contributed by atoms with Crippen molar-refractivity contribution in [1.29, 1.82) is 0 Å². The maximum Gasteiger partial charge on any atom is 0.332 e. The molecule has 8 rings (SSSR count). The number of aryl methyl sites for hydroxylation is 3. The van der Waals surface area contributed by atoms with Crippen LogP contribution in [0.1, 0.15) is 60.5 Å². The minimum atomic E-state index is -0.302. The molecule has 1 N–H and O–H groups in total. The first-order valence-electron chi connectivity index (χ1n) is 17.9. The number of imidazole rings is 1. The number of aromatic nitrogens is 8. The summed E-state index contributed by atoms with van der Waals surface area (Å²) >= 11 is 0. The first kappa shape index (κ1) is 32.3. The fourth-order valence-corrected chi connectivity index (χ4v) is 7.49. The van der Waals surface area contributed by atoms with Crippen molar-refractivity contribution in [3.8, 4) is 22.5 Å². The highest BCUT2D eigenvalue weighted by Crippen LogP contribution is 2.34. The Morgan fingerprint density at radius 2 is 1.27 bits per heavy atom. The lowest BCUT2D eigenvalue weighted by Crippen LogP contribution is -2.41. The molecule has 10 heteroatoms. The molecule has 10 nitrogen and oxygen atoms in total. The third kappa shape index (κ3) is 6.69. The summed E-state index contributed by atoms with van der Waals surface area (Å²) in [5.74, 6) is 1.67. The van der Waals surface area contributed by atoms with Gasteiger partial charge in [-0.1, -0.05) is 128 Å². The minimum Gasteiger partial charge on any atom is -0.317 e. The van der Waals surface area contributed by atoms with E-state index >= 15 is 0 Å². The summed E-state index contributed by atoms with van der Waals surface area (Å²) in [4.78, 5) is 34.0. The van der Waals surface area contributed by atoms with E-state index in [1.165, 1.54) is 11.0 Å². The quantitative estimate of drug-likeness (QED) is 0.161. The molecular formula is C41H40N8O2. The van der Waals surface area contributed by atoms with Crippen LogP contribution in [0.4, 0.5) is 0 Å². The zero-order valence-electron chi connectivity index (χ0n) is 28.5. The number of nitrogens with zero attached hydrogens (tertiary/aromatic N) is 7. The Hall–Kier alpha value is -5.90. The lowest BCUT2D eigenvalue weighted by atomic mass is 9.88. The van der Waals surface area contributed by atoms with Gasteiger partial charge < -0.3 is 4.57 Å². The molecule has 0 aliphatic heterocycles. The molecule has 0 unspecified atom stereocenters. The predicted octanol–water partition coefficient (Wildman–Crippen LogP) is 6.79. The summed E-state index contributed by atoms with van der Waals surface area (Å²) in [5.41, 5.74) is 6.60. The topological polar surface area (TPSA) is 116 Å². The number of nitrogens with one attached hydrogen (secondary N) is 1. The van der Waals surface area contributed by atoms with Crippen LogP contribution >= 0.6 is 0 Å². The number of hydrogen-bond donors (Lipinski definition) is 1. The summed E-state index contributed by atoms with van der Waals surface area (Å²) in [6.07, 6.45) is 6.74. The van der Waals surface area contributed by atoms with Crippen LogP contribution in [-0.2, 0) is 32.5 Å². The lowest BCUT2D eigenvalue weighted by molar-refractivity contribution is 0.419. The Morgan fingerprint density at radius 3 is 1.92 bits per heavy atom. The van der Waals surface area contributed by atoms with E-state index in [4.69, 9.17) is 4.98 Å². The minimum absolute atomic E-state index is 0.224. The summed E-state index contributed by atoms with van der Waals surface area (Å²) < 4.78 is 5.30. The van der Waals surface area contributed by atoms with Gasteiger partial charge in [0.25, 0.3) is 5.56 Å². The summed E-state index contributed by atoms with van der Waals surface area (Å²) in [7, 11) is 0. The Morgan fingerprint density at radius 1 is 0.647 bits per heavy atom. The second-order valence-corrected chi connectivity index (χ2v) is 13.4. The monoisotopic (exact) mass is 676 g/mol. The number of aromatic amines is 1. The van der Waals surface area contributed by atoms with Gasteiger partial charge in [-0.05, 0) is 58.7 Å². The first-order valence-corrected chi connectivity index (χ1v) is 17.9. The Bertz CT molecular complexity index is 2350. The van der Waals surface area contributed by atoms with Gasteiger partial charge in [-0.25, -0.2) is 9.78 Å². The average molecular weight is 677 g/mol. The molecule has 0 amide bonds. The smallest absolute Gasteiger partial charge is 0.317 e. The number of tetrazole rings is 1. The van der Waals surface area contributed by atoms with Crippen LogP contribution in [0.2, 0.25) is 0 Å². The number of rotatable bonds is 11. The van der Waals surface area contributed by atoms with Crippen LogP contribution in [0.15, 0.2) is 119 Å². The molecule has 51 heavy (non-hydrogen) atoms. The van der Waals surface area contributed by atoms with E-state index in [1.807, 2.05) is 66.7 Å². The van der Waals surface area contributed by atoms with Crippen molar-refractivity contribution in [2.24, 2.45) is 0 Å². The standard InChI is InChI=1S/C41H40N8O2/c50-40-36-39(47(26-24-29-12-4-1-5-13-29)41(51)48(40)27-25-30-14-6-2-7-15-30)42-38(33-16-8-3-9-17-33)49(36)28-31-20-22-32(23-21-31)34-18-10-11-19-35(34)37-43-45-46-44-37/h1-2,4-7,10-15,18-23,33H,3,8-9,16-17,24-28H2,(H,43,44,45,46). The summed E-state index contributed by atoms with van der Waals surface area (Å²) in [6.45, 7) is 1.20. The number of hydrogen-bond acceptors (Lipinski definition) is 6. The summed E-state index contributed by atoms with van der Waals surface area (Å²) in [5, 5.41) is 14.7. The molecule has 0 atom stereocenters. The molecular weight excluding hydrogens is 637 g/mol. The molecule has 1 fully saturated rings. The van der Waals surface area contributed by atoms with Crippen molar-refractivity contribution in [3.05, 3.63) is 153 Å². The zero-order valence-corrected chi connectivity index (χ0v) is 28.5. The van der Waals surface area contributed by atoms with Crippen molar-refractivity contribution in [2.45, 2.75) is 70.5 Å². The van der Waals surface area contributed by atoms with E-state index in [9.17, 15) is 9.59 Å². The van der Waals surface area contributed by atoms with Gasteiger partial charge in [0.2, 0.25) is 5.82 Å². The van der Waals surface area contributed by atoms with Gasteiger partial charge in [0.05, 0.1) is 0 Å². The Balaban J connectivity index is 1.23.